The van der Waals surface area contributed by atoms with Crippen molar-refractivity contribution in [3.8, 4) is 11.1 Å². The molecule has 0 saturated heterocycles. The predicted octanol–water partition coefficient (Wildman–Crippen LogP) is 4.26. The van der Waals surface area contributed by atoms with E-state index in [4.69, 9.17) is 28.9 Å². The molecule has 0 unspecified atom stereocenters. The zero-order valence-electron chi connectivity index (χ0n) is 8.88. The van der Waals surface area contributed by atoms with Gasteiger partial charge in [0.15, 0.2) is 0 Å². The highest BCUT2D eigenvalue weighted by atomic mass is 35.5. The van der Waals surface area contributed by atoms with Crippen molar-refractivity contribution in [2.75, 3.05) is 0 Å². The lowest BCUT2D eigenvalue weighted by molar-refractivity contribution is 0.625. The summed E-state index contributed by atoms with van der Waals surface area (Å²) in [6.45, 7) is 0.246. The lowest BCUT2D eigenvalue weighted by Crippen LogP contribution is -2.00. The van der Waals surface area contributed by atoms with Gasteiger partial charge in [-0.15, -0.1) is 0 Å². The number of benzene rings is 2. The Hall–Kier alpha value is -1.09. The molecule has 0 spiro atoms. The predicted molar refractivity (Wildman–Crippen MR) is 69.7 cm³/mol. The SMILES string of the molecule is NCc1cc(F)ccc1-c1cccc(Cl)c1Cl. The van der Waals surface area contributed by atoms with Crippen molar-refractivity contribution < 1.29 is 4.39 Å². The maximum absolute atomic E-state index is 13.1. The van der Waals surface area contributed by atoms with Crippen LogP contribution in [0.2, 0.25) is 10.0 Å². The highest BCUT2D eigenvalue weighted by Crippen LogP contribution is 2.35. The fraction of sp³-hybridized carbons (Fsp3) is 0.0769. The lowest BCUT2D eigenvalue weighted by Gasteiger charge is -2.10. The van der Waals surface area contributed by atoms with E-state index in [2.05, 4.69) is 0 Å². The van der Waals surface area contributed by atoms with E-state index in [-0.39, 0.29) is 12.4 Å². The maximum Gasteiger partial charge on any atom is 0.123 e. The third kappa shape index (κ3) is 2.44. The van der Waals surface area contributed by atoms with E-state index in [9.17, 15) is 4.39 Å². The van der Waals surface area contributed by atoms with E-state index in [1.165, 1.54) is 12.1 Å². The van der Waals surface area contributed by atoms with Crippen molar-refractivity contribution in [3.05, 3.63) is 57.8 Å². The van der Waals surface area contributed by atoms with Gasteiger partial charge in [0.2, 0.25) is 0 Å². The summed E-state index contributed by atoms with van der Waals surface area (Å²) < 4.78 is 13.1. The van der Waals surface area contributed by atoms with E-state index >= 15 is 0 Å². The molecule has 0 fully saturated rings. The average molecular weight is 270 g/mol. The van der Waals surface area contributed by atoms with Gasteiger partial charge in [0.1, 0.15) is 5.82 Å². The Balaban J connectivity index is 2.64. The van der Waals surface area contributed by atoms with Crippen LogP contribution in [0.25, 0.3) is 11.1 Å². The van der Waals surface area contributed by atoms with Crippen molar-refractivity contribution in [3.63, 3.8) is 0 Å². The molecule has 17 heavy (non-hydrogen) atoms. The van der Waals surface area contributed by atoms with Crippen LogP contribution in [0.5, 0.6) is 0 Å². The molecule has 0 aliphatic carbocycles. The van der Waals surface area contributed by atoms with E-state index in [0.717, 1.165) is 11.1 Å². The summed E-state index contributed by atoms with van der Waals surface area (Å²) in [5, 5.41) is 0.923. The Bertz CT molecular complexity index is 555. The molecule has 0 bridgehead atoms. The fourth-order valence-corrected chi connectivity index (χ4v) is 2.11. The molecule has 2 rings (SSSR count). The minimum atomic E-state index is -0.313. The standard InChI is InChI=1S/C13H10Cl2FN/c14-12-3-1-2-11(13(12)15)10-5-4-9(16)6-8(10)7-17/h1-6H,7,17H2. The first-order chi connectivity index (χ1) is 8.13. The normalized spacial score (nSPS) is 10.6. The first kappa shape index (κ1) is 12.4. The van der Waals surface area contributed by atoms with Crippen LogP contribution >= 0.6 is 23.2 Å². The van der Waals surface area contributed by atoms with Gasteiger partial charge in [-0.1, -0.05) is 41.4 Å². The third-order valence-electron chi connectivity index (χ3n) is 2.53. The first-order valence-corrected chi connectivity index (χ1v) is 5.82. The molecule has 0 atom stereocenters. The summed E-state index contributed by atoms with van der Waals surface area (Å²) in [7, 11) is 0. The van der Waals surface area contributed by atoms with Gasteiger partial charge in [0, 0.05) is 12.1 Å². The Morgan fingerprint density at radius 1 is 1.06 bits per heavy atom. The molecule has 0 saturated carbocycles. The number of hydrogen-bond donors (Lipinski definition) is 1. The Kier molecular flexibility index (Phi) is 3.67. The summed E-state index contributed by atoms with van der Waals surface area (Å²) in [5.41, 5.74) is 7.88. The molecule has 0 aliphatic rings. The van der Waals surface area contributed by atoms with Gasteiger partial charge in [-0.2, -0.15) is 0 Å². The molecule has 1 nitrogen and oxygen atoms in total. The molecular formula is C13H10Cl2FN. The van der Waals surface area contributed by atoms with Crippen LogP contribution in [0.4, 0.5) is 4.39 Å². The Labute approximate surface area is 109 Å². The lowest BCUT2D eigenvalue weighted by atomic mass is 9.99. The third-order valence-corrected chi connectivity index (χ3v) is 3.35. The highest BCUT2D eigenvalue weighted by Gasteiger charge is 2.10. The average Bonchev–Trinajstić information content (AvgIpc) is 2.33. The number of nitrogens with two attached hydrogens (primary N) is 1. The van der Waals surface area contributed by atoms with Gasteiger partial charge in [-0.3, -0.25) is 0 Å². The van der Waals surface area contributed by atoms with Crippen molar-refractivity contribution in [2.24, 2.45) is 5.73 Å². The first-order valence-electron chi connectivity index (χ1n) is 5.06. The van der Waals surface area contributed by atoms with Gasteiger partial charge in [0.05, 0.1) is 10.0 Å². The Morgan fingerprint density at radius 2 is 1.82 bits per heavy atom. The van der Waals surface area contributed by atoms with Crippen LogP contribution in [-0.2, 0) is 6.54 Å². The second-order valence-corrected chi connectivity index (χ2v) is 4.39. The molecule has 0 aromatic heterocycles. The number of hydrogen-bond acceptors (Lipinski definition) is 1. The molecule has 88 valence electrons. The second-order valence-electron chi connectivity index (χ2n) is 3.61. The molecule has 0 radical (unpaired) electrons. The second kappa shape index (κ2) is 5.05. The van der Waals surface area contributed by atoms with E-state index in [0.29, 0.717) is 15.6 Å². The minimum absolute atomic E-state index is 0.246. The zero-order valence-corrected chi connectivity index (χ0v) is 10.4. The summed E-state index contributed by atoms with van der Waals surface area (Å²) in [6, 6.07) is 9.79. The number of rotatable bonds is 2. The van der Waals surface area contributed by atoms with Crippen molar-refractivity contribution in [1.29, 1.82) is 0 Å². The van der Waals surface area contributed by atoms with Crippen molar-refractivity contribution >= 4 is 23.2 Å². The van der Waals surface area contributed by atoms with Crippen molar-refractivity contribution in [1.82, 2.24) is 0 Å². The summed E-state index contributed by atoms with van der Waals surface area (Å²) in [5.74, 6) is -0.313. The van der Waals surface area contributed by atoms with Crippen LogP contribution in [-0.4, -0.2) is 0 Å². The van der Waals surface area contributed by atoms with E-state index < -0.39 is 0 Å². The molecule has 4 heteroatoms. The monoisotopic (exact) mass is 269 g/mol. The Morgan fingerprint density at radius 3 is 2.53 bits per heavy atom. The van der Waals surface area contributed by atoms with Crippen LogP contribution < -0.4 is 5.73 Å². The fourth-order valence-electron chi connectivity index (χ4n) is 1.71. The minimum Gasteiger partial charge on any atom is -0.326 e. The van der Waals surface area contributed by atoms with Gasteiger partial charge in [-0.05, 0) is 29.3 Å². The summed E-state index contributed by atoms with van der Waals surface area (Å²) in [4.78, 5) is 0. The van der Waals surface area contributed by atoms with Gasteiger partial charge in [0.25, 0.3) is 0 Å². The summed E-state index contributed by atoms with van der Waals surface area (Å²) in [6.07, 6.45) is 0. The van der Waals surface area contributed by atoms with E-state index in [1.807, 2.05) is 6.07 Å². The maximum atomic E-state index is 13.1. The largest absolute Gasteiger partial charge is 0.326 e. The van der Waals surface area contributed by atoms with Gasteiger partial charge >= 0.3 is 0 Å². The smallest absolute Gasteiger partial charge is 0.123 e. The van der Waals surface area contributed by atoms with Gasteiger partial charge < -0.3 is 5.73 Å². The van der Waals surface area contributed by atoms with Gasteiger partial charge in [-0.25, -0.2) is 4.39 Å². The molecular weight excluding hydrogens is 260 g/mol. The molecule has 0 heterocycles. The molecule has 0 amide bonds. The van der Waals surface area contributed by atoms with Crippen LogP contribution in [0.3, 0.4) is 0 Å². The quantitative estimate of drug-likeness (QED) is 0.866. The number of halogens is 3. The molecule has 2 aromatic rings. The van der Waals surface area contributed by atoms with Crippen LogP contribution in [0.15, 0.2) is 36.4 Å². The van der Waals surface area contributed by atoms with E-state index in [1.54, 1.807) is 18.2 Å². The van der Waals surface area contributed by atoms with Crippen LogP contribution in [0, 0.1) is 5.82 Å². The zero-order chi connectivity index (χ0) is 12.4. The summed E-state index contributed by atoms with van der Waals surface area (Å²) >= 11 is 12.1. The highest BCUT2D eigenvalue weighted by molar-refractivity contribution is 6.43. The molecule has 2 N–H and O–H groups in total. The van der Waals surface area contributed by atoms with Crippen LogP contribution in [0.1, 0.15) is 5.56 Å². The molecule has 2 aromatic carbocycles. The topological polar surface area (TPSA) is 26.0 Å². The van der Waals surface area contributed by atoms with Crippen molar-refractivity contribution in [2.45, 2.75) is 6.54 Å². The molecule has 0 aliphatic heterocycles.